The smallest absolute Gasteiger partial charge is 0.410 e. The van der Waals surface area contributed by atoms with Crippen molar-refractivity contribution in [2.24, 2.45) is 17.8 Å². The number of fused-ring (bicyclic) bond motifs is 1. The summed E-state index contributed by atoms with van der Waals surface area (Å²) >= 11 is 0. The largest absolute Gasteiger partial charge is 0.464 e. The lowest BCUT2D eigenvalue weighted by Crippen LogP contribution is -2.55. The second-order valence-corrected chi connectivity index (χ2v) is 8.31. The molecular formula is C22H31N3O7. The minimum Gasteiger partial charge on any atom is -0.464 e. The van der Waals surface area contributed by atoms with Gasteiger partial charge in [-0.2, -0.15) is 0 Å². The first-order chi connectivity index (χ1) is 15.4. The van der Waals surface area contributed by atoms with E-state index in [0.717, 1.165) is 19.3 Å². The topological polar surface area (TPSA) is 117 Å². The maximum absolute atomic E-state index is 12.5. The van der Waals surface area contributed by atoms with Crippen LogP contribution in [0.25, 0.3) is 0 Å². The third kappa shape index (κ3) is 5.11. The molecule has 0 radical (unpaired) electrons. The summed E-state index contributed by atoms with van der Waals surface area (Å²) in [5.74, 6) is -1.21. The number of amides is 1. The SMILES string of the molecule is CCOC(=O)C(=O)c1cncn1C[C@H]1CC[C@H]2CN(C(=O)OC)[C@H](C(=O)OCC)C[C@H]2C1. The third-order valence-electron chi connectivity index (χ3n) is 6.41. The van der Waals surface area contributed by atoms with E-state index in [1.54, 1.807) is 24.7 Å². The molecule has 176 valence electrons. The monoisotopic (exact) mass is 449 g/mol. The Bertz CT molecular complexity index is 852. The number of hydrogen-bond acceptors (Lipinski definition) is 8. The molecule has 0 aromatic carbocycles. The molecule has 1 aromatic heterocycles. The summed E-state index contributed by atoms with van der Waals surface area (Å²) in [6.45, 7) is 4.78. The van der Waals surface area contributed by atoms with Crippen LogP contribution in [0, 0.1) is 17.8 Å². The Balaban J connectivity index is 1.69. The van der Waals surface area contributed by atoms with Crippen molar-refractivity contribution in [2.75, 3.05) is 26.9 Å². The number of hydrogen-bond donors (Lipinski definition) is 0. The van der Waals surface area contributed by atoms with E-state index in [-0.39, 0.29) is 36.7 Å². The van der Waals surface area contributed by atoms with E-state index < -0.39 is 29.9 Å². The van der Waals surface area contributed by atoms with Gasteiger partial charge in [0.25, 0.3) is 5.78 Å². The number of likely N-dealkylation sites (tertiary alicyclic amines) is 1. The molecule has 10 heteroatoms. The van der Waals surface area contributed by atoms with Crippen molar-refractivity contribution < 1.29 is 33.4 Å². The number of rotatable bonds is 7. The molecule has 2 heterocycles. The maximum atomic E-state index is 12.5. The number of carbonyl (C=O) groups is 4. The number of imidazole rings is 1. The number of ether oxygens (including phenoxy) is 3. The van der Waals surface area contributed by atoms with Gasteiger partial charge in [0, 0.05) is 13.1 Å². The predicted molar refractivity (Wildman–Crippen MR) is 112 cm³/mol. The Morgan fingerprint density at radius 3 is 2.50 bits per heavy atom. The summed E-state index contributed by atoms with van der Waals surface area (Å²) in [6.07, 6.45) is 5.61. The van der Waals surface area contributed by atoms with Gasteiger partial charge in [-0.05, 0) is 57.3 Å². The zero-order valence-corrected chi connectivity index (χ0v) is 18.8. The Morgan fingerprint density at radius 1 is 1.06 bits per heavy atom. The highest BCUT2D eigenvalue weighted by Crippen LogP contribution is 2.42. The van der Waals surface area contributed by atoms with E-state index in [1.165, 1.54) is 18.2 Å². The average molecular weight is 450 g/mol. The van der Waals surface area contributed by atoms with Gasteiger partial charge in [0.1, 0.15) is 11.7 Å². The molecular weight excluding hydrogens is 418 g/mol. The lowest BCUT2D eigenvalue weighted by molar-refractivity contribution is -0.152. The van der Waals surface area contributed by atoms with Crippen LogP contribution in [-0.2, 0) is 30.3 Å². The highest BCUT2D eigenvalue weighted by atomic mass is 16.6. The fraction of sp³-hybridized carbons (Fsp3) is 0.682. The first-order valence-electron chi connectivity index (χ1n) is 11.1. The molecule has 4 atom stereocenters. The second kappa shape index (κ2) is 10.6. The van der Waals surface area contributed by atoms with Crippen LogP contribution in [0.15, 0.2) is 12.5 Å². The van der Waals surface area contributed by atoms with Crippen LogP contribution in [0.2, 0.25) is 0 Å². The van der Waals surface area contributed by atoms with Crippen LogP contribution in [0.3, 0.4) is 0 Å². The molecule has 0 spiro atoms. The highest BCUT2D eigenvalue weighted by Gasteiger charge is 2.44. The van der Waals surface area contributed by atoms with Gasteiger partial charge in [0.05, 0.1) is 32.8 Å². The fourth-order valence-electron chi connectivity index (χ4n) is 4.93. The number of aromatic nitrogens is 2. The Morgan fingerprint density at radius 2 is 1.81 bits per heavy atom. The summed E-state index contributed by atoms with van der Waals surface area (Å²) < 4.78 is 16.6. The first kappa shape index (κ1) is 23.7. The summed E-state index contributed by atoms with van der Waals surface area (Å²) in [6, 6.07) is -0.656. The van der Waals surface area contributed by atoms with Crippen LogP contribution in [0.5, 0.6) is 0 Å². The number of ketones is 1. The van der Waals surface area contributed by atoms with Gasteiger partial charge in [0.2, 0.25) is 0 Å². The van der Waals surface area contributed by atoms with Gasteiger partial charge >= 0.3 is 18.0 Å². The number of esters is 2. The summed E-state index contributed by atoms with van der Waals surface area (Å²) in [4.78, 5) is 54.5. The molecule has 32 heavy (non-hydrogen) atoms. The van der Waals surface area contributed by atoms with Gasteiger partial charge in [-0.15, -0.1) is 0 Å². The minimum atomic E-state index is -0.884. The van der Waals surface area contributed by atoms with E-state index in [9.17, 15) is 19.2 Å². The molecule has 1 aliphatic carbocycles. The van der Waals surface area contributed by atoms with Crippen molar-refractivity contribution in [1.29, 1.82) is 0 Å². The van der Waals surface area contributed by atoms with E-state index in [2.05, 4.69) is 4.98 Å². The summed E-state index contributed by atoms with van der Waals surface area (Å²) in [5, 5.41) is 0. The molecule has 2 fully saturated rings. The molecule has 2 aliphatic rings. The normalized spacial score (nSPS) is 24.9. The van der Waals surface area contributed by atoms with Gasteiger partial charge in [-0.1, -0.05) is 0 Å². The van der Waals surface area contributed by atoms with E-state index in [4.69, 9.17) is 14.2 Å². The predicted octanol–water partition coefficient (Wildman–Crippen LogP) is 2.07. The van der Waals surface area contributed by atoms with E-state index in [0.29, 0.717) is 19.5 Å². The van der Waals surface area contributed by atoms with Crippen LogP contribution in [-0.4, -0.2) is 71.2 Å². The number of carbonyl (C=O) groups excluding carboxylic acids is 4. The average Bonchev–Trinajstić information content (AvgIpc) is 3.25. The molecule has 1 aliphatic heterocycles. The zero-order chi connectivity index (χ0) is 23.3. The number of nitrogens with zero attached hydrogens (tertiary/aromatic N) is 3. The van der Waals surface area contributed by atoms with Crippen molar-refractivity contribution in [1.82, 2.24) is 14.5 Å². The maximum Gasteiger partial charge on any atom is 0.410 e. The number of Topliss-reactive ketones (excluding diaryl/α,β-unsaturated/α-hetero) is 1. The molecule has 0 N–H and O–H groups in total. The zero-order valence-electron chi connectivity index (χ0n) is 18.8. The lowest BCUT2D eigenvalue weighted by Gasteiger charge is -2.46. The fourth-order valence-corrected chi connectivity index (χ4v) is 4.93. The quantitative estimate of drug-likeness (QED) is 0.269. The van der Waals surface area contributed by atoms with Crippen LogP contribution < -0.4 is 0 Å². The van der Waals surface area contributed by atoms with Gasteiger partial charge in [-0.25, -0.2) is 19.4 Å². The van der Waals surface area contributed by atoms with Crippen LogP contribution >= 0.6 is 0 Å². The molecule has 3 rings (SSSR count). The molecule has 10 nitrogen and oxygen atoms in total. The Kier molecular flexibility index (Phi) is 7.87. The molecule has 1 saturated carbocycles. The van der Waals surface area contributed by atoms with Gasteiger partial charge in [0.15, 0.2) is 0 Å². The summed E-state index contributed by atoms with van der Waals surface area (Å²) in [7, 11) is 1.31. The molecule has 1 amide bonds. The minimum absolute atomic E-state index is 0.134. The van der Waals surface area contributed by atoms with Gasteiger partial charge in [-0.3, -0.25) is 9.69 Å². The standard InChI is InChI=1S/C22H31N3O7/c1-4-31-20(27)17-9-16-8-14(6-7-15(16)12-25(17)22(29)30-3)11-24-13-23-10-18(24)19(26)21(28)32-5-2/h10,13-17H,4-9,11-12H2,1-3H3/t14-,15-,16+,17-/m0/s1. The number of piperidine rings is 1. The Hall–Kier alpha value is -2.91. The van der Waals surface area contributed by atoms with E-state index in [1.807, 2.05) is 0 Å². The lowest BCUT2D eigenvalue weighted by atomic mass is 9.69. The third-order valence-corrected chi connectivity index (χ3v) is 6.41. The van der Waals surface area contributed by atoms with Crippen molar-refractivity contribution in [3.8, 4) is 0 Å². The number of methoxy groups -OCH3 is 1. The molecule has 0 unspecified atom stereocenters. The van der Waals surface area contributed by atoms with Crippen LogP contribution in [0.4, 0.5) is 4.79 Å². The summed E-state index contributed by atoms with van der Waals surface area (Å²) in [5.41, 5.74) is 0.218. The molecule has 1 aromatic rings. The second-order valence-electron chi connectivity index (χ2n) is 8.31. The molecule has 0 bridgehead atoms. The highest BCUT2D eigenvalue weighted by molar-refractivity contribution is 6.40. The van der Waals surface area contributed by atoms with Gasteiger partial charge < -0.3 is 18.8 Å². The first-order valence-corrected chi connectivity index (χ1v) is 11.1. The van der Waals surface area contributed by atoms with Crippen molar-refractivity contribution in [3.63, 3.8) is 0 Å². The molecule has 1 saturated heterocycles. The van der Waals surface area contributed by atoms with Crippen molar-refractivity contribution in [2.45, 2.75) is 52.1 Å². The van der Waals surface area contributed by atoms with Crippen LogP contribution in [0.1, 0.15) is 50.0 Å². The van der Waals surface area contributed by atoms with E-state index >= 15 is 0 Å². The Labute approximate surface area is 187 Å². The van der Waals surface area contributed by atoms with Crippen molar-refractivity contribution >= 4 is 23.8 Å². The van der Waals surface area contributed by atoms with Crippen molar-refractivity contribution in [3.05, 3.63) is 18.2 Å².